The Labute approximate surface area is 83.8 Å². The molecule has 0 aliphatic rings. The van der Waals surface area contributed by atoms with Gasteiger partial charge in [-0.3, -0.25) is 0 Å². The SMILES string of the molecule is C#CC(O)c1ccc(OCC=C)cc1. The van der Waals surface area contributed by atoms with Crippen LogP contribution in [0.4, 0.5) is 0 Å². The molecule has 1 N–H and O–H groups in total. The molecular weight excluding hydrogens is 176 g/mol. The Morgan fingerprint density at radius 3 is 2.64 bits per heavy atom. The molecule has 0 bridgehead atoms. The number of rotatable bonds is 4. The number of ether oxygens (including phenoxy) is 1. The standard InChI is InChI=1S/C12H12O2/c1-3-9-14-11-7-5-10(6-8-11)12(13)4-2/h2-3,5-8,12-13H,1,9H2. The molecule has 0 aliphatic heterocycles. The Morgan fingerprint density at radius 1 is 1.50 bits per heavy atom. The maximum atomic E-state index is 9.30. The molecule has 0 fully saturated rings. The van der Waals surface area contributed by atoms with E-state index in [9.17, 15) is 5.11 Å². The lowest BCUT2D eigenvalue weighted by atomic mass is 10.1. The maximum Gasteiger partial charge on any atom is 0.139 e. The van der Waals surface area contributed by atoms with Gasteiger partial charge in [0.2, 0.25) is 0 Å². The Balaban J connectivity index is 2.69. The number of terminal acetylenes is 1. The zero-order chi connectivity index (χ0) is 10.4. The summed E-state index contributed by atoms with van der Waals surface area (Å²) in [6, 6.07) is 7.00. The summed E-state index contributed by atoms with van der Waals surface area (Å²) >= 11 is 0. The van der Waals surface area contributed by atoms with E-state index in [1.54, 1.807) is 30.3 Å². The molecule has 2 nitrogen and oxygen atoms in total. The molecule has 0 aromatic heterocycles. The van der Waals surface area contributed by atoms with E-state index in [-0.39, 0.29) is 0 Å². The Hall–Kier alpha value is -1.72. The van der Waals surface area contributed by atoms with Crippen molar-refractivity contribution in [2.75, 3.05) is 6.61 Å². The highest BCUT2D eigenvalue weighted by Crippen LogP contribution is 2.16. The van der Waals surface area contributed by atoms with Crippen LogP contribution in [0.25, 0.3) is 0 Å². The molecule has 0 spiro atoms. The molecule has 1 atom stereocenters. The third kappa shape index (κ3) is 2.65. The zero-order valence-electron chi connectivity index (χ0n) is 7.81. The van der Waals surface area contributed by atoms with E-state index in [1.165, 1.54) is 0 Å². The van der Waals surface area contributed by atoms with Gasteiger partial charge in [0.1, 0.15) is 18.5 Å². The molecule has 1 aromatic carbocycles. The molecule has 1 unspecified atom stereocenters. The van der Waals surface area contributed by atoms with Gasteiger partial charge in [0.15, 0.2) is 0 Å². The molecular formula is C12H12O2. The molecule has 2 heteroatoms. The average Bonchev–Trinajstić information content (AvgIpc) is 2.26. The van der Waals surface area contributed by atoms with E-state index < -0.39 is 6.10 Å². The van der Waals surface area contributed by atoms with E-state index in [0.29, 0.717) is 12.2 Å². The van der Waals surface area contributed by atoms with Crippen molar-refractivity contribution in [3.8, 4) is 18.1 Å². The van der Waals surface area contributed by atoms with Crippen LogP contribution in [0.1, 0.15) is 11.7 Å². The Kier molecular flexibility index (Phi) is 3.78. The van der Waals surface area contributed by atoms with Crippen molar-refractivity contribution < 1.29 is 9.84 Å². The molecule has 72 valence electrons. The number of benzene rings is 1. The number of hydrogen-bond acceptors (Lipinski definition) is 2. The summed E-state index contributed by atoms with van der Waals surface area (Å²) in [6.07, 6.45) is 5.90. The summed E-state index contributed by atoms with van der Waals surface area (Å²) < 4.78 is 5.27. The van der Waals surface area contributed by atoms with Gasteiger partial charge < -0.3 is 9.84 Å². The fourth-order valence-electron chi connectivity index (χ4n) is 0.998. The van der Waals surface area contributed by atoms with Crippen molar-refractivity contribution in [1.82, 2.24) is 0 Å². The zero-order valence-corrected chi connectivity index (χ0v) is 7.81. The number of aliphatic hydroxyl groups excluding tert-OH is 1. The van der Waals surface area contributed by atoms with Gasteiger partial charge in [-0.25, -0.2) is 0 Å². The first-order chi connectivity index (χ1) is 6.77. The van der Waals surface area contributed by atoms with Crippen LogP contribution in [0.2, 0.25) is 0 Å². The number of aliphatic hydroxyl groups is 1. The fraction of sp³-hybridized carbons (Fsp3) is 0.167. The molecule has 14 heavy (non-hydrogen) atoms. The van der Waals surface area contributed by atoms with Crippen molar-refractivity contribution in [3.63, 3.8) is 0 Å². The fourth-order valence-corrected chi connectivity index (χ4v) is 0.998. The monoisotopic (exact) mass is 188 g/mol. The molecule has 0 heterocycles. The first kappa shape index (κ1) is 10.4. The minimum atomic E-state index is -0.844. The second-order valence-electron chi connectivity index (χ2n) is 2.74. The molecule has 0 aliphatic carbocycles. The van der Waals surface area contributed by atoms with Crippen LogP contribution in [-0.2, 0) is 0 Å². The van der Waals surface area contributed by atoms with Crippen molar-refractivity contribution >= 4 is 0 Å². The van der Waals surface area contributed by atoms with Gasteiger partial charge in [-0.2, -0.15) is 0 Å². The highest BCUT2D eigenvalue weighted by molar-refractivity contribution is 5.31. The molecule has 0 amide bonds. The highest BCUT2D eigenvalue weighted by Gasteiger charge is 2.02. The summed E-state index contributed by atoms with van der Waals surface area (Å²) in [5, 5.41) is 9.30. The minimum absolute atomic E-state index is 0.469. The van der Waals surface area contributed by atoms with Crippen LogP contribution in [-0.4, -0.2) is 11.7 Å². The Morgan fingerprint density at radius 2 is 2.14 bits per heavy atom. The third-order valence-corrected chi connectivity index (χ3v) is 1.72. The normalized spacial score (nSPS) is 11.4. The van der Waals surface area contributed by atoms with Crippen LogP contribution in [0.15, 0.2) is 36.9 Å². The lowest BCUT2D eigenvalue weighted by Gasteiger charge is -2.06. The summed E-state index contributed by atoms with van der Waals surface area (Å²) in [5.74, 6) is 2.98. The highest BCUT2D eigenvalue weighted by atomic mass is 16.5. The minimum Gasteiger partial charge on any atom is -0.490 e. The summed E-state index contributed by atoms with van der Waals surface area (Å²) in [7, 11) is 0. The van der Waals surface area contributed by atoms with Gasteiger partial charge in [-0.1, -0.05) is 30.7 Å². The van der Waals surface area contributed by atoms with Crippen molar-refractivity contribution in [1.29, 1.82) is 0 Å². The van der Waals surface area contributed by atoms with Crippen LogP contribution in [0.3, 0.4) is 0 Å². The number of hydrogen-bond donors (Lipinski definition) is 1. The van der Waals surface area contributed by atoms with Crippen molar-refractivity contribution in [2.45, 2.75) is 6.10 Å². The third-order valence-electron chi connectivity index (χ3n) is 1.72. The van der Waals surface area contributed by atoms with Crippen LogP contribution in [0.5, 0.6) is 5.75 Å². The van der Waals surface area contributed by atoms with Gasteiger partial charge in [-0.05, 0) is 17.7 Å². The molecule has 1 rings (SSSR count). The Bertz CT molecular complexity index is 332. The second kappa shape index (κ2) is 5.11. The van der Waals surface area contributed by atoms with E-state index in [1.807, 2.05) is 0 Å². The summed E-state index contributed by atoms with van der Waals surface area (Å²) in [5.41, 5.74) is 0.693. The summed E-state index contributed by atoms with van der Waals surface area (Å²) in [6.45, 7) is 4.01. The van der Waals surface area contributed by atoms with Crippen molar-refractivity contribution in [3.05, 3.63) is 42.5 Å². The van der Waals surface area contributed by atoms with Gasteiger partial charge in [0.25, 0.3) is 0 Å². The maximum absolute atomic E-state index is 9.30. The predicted molar refractivity (Wildman–Crippen MR) is 55.9 cm³/mol. The molecule has 0 radical (unpaired) electrons. The largest absolute Gasteiger partial charge is 0.490 e. The van der Waals surface area contributed by atoms with E-state index in [0.717, 1.165) is 5.75 Å². The summed E-state index contributed by atoms with van der Waals surface area (Å²) in [4.78, 5) is 0. The van der Waals surface area contributed by atoms with Gasteiger partial charge in [0.05, 0.1) is 0 Å². The topological polar surface area (TPSA) is 29.5 Å². The lowest BCUT2D eigenvalue weighted by Crippen LogP contribution is -1.95. The molecule has 1 aromatic rings. The van der Waals surface area contributed by atoms with Crippen LogP contribution < -0.4 is 4.74 Å². The van der Waals surface area contributed by atoms with E-state index in [4.69, 9.17) is 11.2 Å². The van der Waals surface area contributed by atoms with E-state index >= 15 is 0 Å². The van der Waals surface area contributed by atoms with Crippen LogP contribution in [0, 0.1) is 12.3 Å². The lowest BCUT2D eigenvalue weighted by molar-refractivity contribution is 0.238. The first-order valence-electron chi connectivity index (χ1n) is 4.25. The first-order valence-corrected chi connectivity index (χ1v) is 4.25. The average molecular weight is 188 g/mol. The second-order valence-corrected chi connectivity index (χ2v) is 2.74. The molecule has 0 saturated heterocycles. The van der Waals surface area contributed by atoms with Crippen molar-refractivity contribution in [2.24, 2.45) is 0 Å². The van der Waals surface area contributed by atoms with Gasteiger partial charge in [0, 0.05) is 0 Å². The van der Waals surface area contributed by atoms with Crippen LogP contribution >= 0.6 is 0 Å². The molecule has 0 saturated carbocycles. The predicted octanol–water partition coefficient (Wildman–Crippen LogP) is 1.92. The smallest absolute Gasteiger partial charge is 0.139 e. The van der Waals surface area contributed by atoms with Gasteiger partial charge >= 0.3 is 0 Å². The van der Waals surface area contributed by atoms with Gasteiger partial charge in [-0.15, -0.1) is 6.42 Å². The quantitative estimate of drug-likeness (QED) is 0.577. The van der Waals surface area contributed by atoms with E-state index in [2.05, 4.69) is 12.5 Å².